The first-order chi connectivity index (χ1) is 12.5. The van der Waals surface area contributed by atoms with E-state index in [1.807, 2.05) is 6.07 Å². The van der Waals surface area contributed by atoms with Gasteiger partial charge in [-0.1, -0.05) is 41.4 Å². The average molecular weight is 386 g/mol. The molecule has 0 atom stereocenters. The molecule has 2 N–H and O–H groups in total. The van der Waals surface area contributed by atoms with Crippen LogP contribution in [0, 0.1) is 11.9 Å². The lowest BCUT2D eigenvalue weighted by atomic mass is 10.1. The zero-order valence-electron chi connectivity index (χ0n) is 13.4. The monoisotopic (exact) mass is 385 g/mol. The van der Waals surface area contributed by atoms with Crippen LogP contribution >= 0.6 is 23.2 Å². The van der Waals surface area contributed by atoms with Crippen molar-refractivity contribution in [3.63, 3.8) is 0 Å². The average Bonchev–Trinajstić information content (AvgIpc) is 2.92. The second-order valence-corrected chi connectivity index (χ2v) is 6.78. The van der Waals surface area contributed by atoms with Crippen molar-refractivity contribution >= 4 is 50.9 Å². The number of nitrogens with two attached hydrogens (primary N) is 1. The van der Waals surface area contributed by atoms with Crippen LogP contribution in [0.5, 0.6) is 0 Å². The molecule has 6 heteroatoms. The van der Waals surface area contributed by atoms with Crippen molar-refractivity contribution in [2.45, 2.75) is 6.54 Å². The quantitative estimate of drug-likeness (QED) is 0.518. The SMILES string of the molecule is NC(=O)c1cccc2c1c1[c]ccc(F)c1n2Cc1ccc(Cl)cc1Cl. The number of hydrogen-bond donors (Lipinski definition) is 1. The van der Waals surface area contributed by atoms with Crippen LogP contribution in [0.3, 0.4) is 0 Å². The molecule has 4 aromatic rings. The molecule has 1 amide bonds. The van der Waals surface area contributed by atoms with E-state index in [1.165, 1.54) is 12.1 Å². The highest BCUT2D eigenvalue weighted by Crippen LogP contribution is 2.34. The Bertz CT molecular complexity index is 1180. The molecule has 0 aliphatic heterocycles. The molecule has 3 nitrogen and oxygen atoms in total. The number of rotatable bonds is 3. The molecular formula is C20H12Cl2FN2O. The Labute approximate surface area is 158 Å². The lowest BCUT2D eigenvalue weighted by molar-refractivity contribution is 0.100. The van der Waals surface area contributed by atoms with E-state index in [0.717, 1.165) is 5.56 Å². The molecule has 0 saturated heterocycles. The van der Waals surface area contributed by atoms with Crippen LogP contribution in [-0.4, -0.2) is 10.5 Å². The Morgan fingerprint density at radius 3 is 2.73 bits per heavy atom. The number of hydrogen-bond acceptors (Lipinski definition) is 1. The summed E-state index contributed by atoms with van der Waals surface area (Å²) in [5.41, 5.74) is 7.66. The van der Waals surface area contributed by atoms with Gasteiger partial charge in [-0.05, 0) is 42.0 Å². The molecule has 3 aromatic carbocycles. The van der Waals surface area contributed by atoms with Gasteiger partial charge in [-0.3, -0.25) is 4.79 Å². The molecule has 0 saturated carbocycles. The van der Waals surface area contributed by atoms with Crippen LogP contribution < -0.4 is 5.73 Å². The summed E-state index contributed by atoms with van der Waals surface area (Å²) >= 11 is 12.3. The number of aromatic nitrogens is 1. The molecule has 0 unspecified atom stereocenters. The Morgan fingerprint density at radius 2 is 2.00 bits per heavy atom. The lowest BCUT2D eigenvalue weighted by Crippen LogP contribution is -2.11. The van der Waals surface area contributed by atoms with E-state index in [2.05, 4.69) is 6.07 Å². The molecule has 1 heterocycles. The maximum atomic E-state index is 14.7. The lowest BCUT2D eigenvalue weighted by Gasteiger charge is -2.10. The Balaban J connectivity index is 2.07. The van der Waals surface area contributed by atoms with Crippen LogP contribution in [0.25, 0.3) is 21.8 Å². The van der Waals surface area contributed by atoms with Gasteiger partial charge in [0.15, 0.2) is 0 Å². The third-order valence-corrected chi connectivity index (χ3v) is 4.97. The Hall–Kier alpha value is -2.56. The number of carbonyl (C=O) groups is 1. The molecule has 1 aromatic heterocycles. The minimum absolute atomic E-state index is 0.312. The molecule has 129 valence electrons. The fourth-order valence-electron chi connectivity index (χ4n) is 3.26. The topological polar surface area (TPSA) is 48.0 Å². The molecular weight excluding hydrogens is 374 g/mol. The Kier molecular flexibility index (Phi) is 4.10. The summed E-state index contributed by atoms with van der Waals surface area (Å²) in [6.07, 6.45) is 0. The highest BCUT2D eigenvalue weighted by Gasteiger charge is 2.19. The smallest absolute Gasteiger partial charge is 0.249 e. The summed E-state index contributed by atoms with van der Waals surface area (Å²) in [4.78, 5) is 11.9. The van der Waals surface area contributed by atoms with Gasteiger partial charge in [-0.15, -0.1) is 0 Å². The third-order valence-electron chi connectivity index (χ3n) is 4.38. The largest absolute Gasteiger partial charge is 0.366 e. The summed E-state index contributed by atoms with van der Waals surface area (Å²) < 4.78 is 16.4. The number of amides is 1. The third kappa shape index (κ3) is 2.62. The van der Waals surface area contributed by atoms with Crippen molar-refractivity contribution in [1.82, 2.24) is 4.57 Å². The Morgan fingerprint density at radius 1 is 1.19 bits per heavy atom. The minimum atomic E-state index is -0.572. The van der Waals surface area contributed by atoms with Gasteiger partial charge < -0.3 is 10.3 Å². The maximum Gasteiger partial charge on any atom is 0.249 e. The van der Waals surface area contributed by atoms with Gasteiger partial charge in [-0.2, -0.15) is 0 Å². The van der Waals surface area contributed by atoms with Crippen LogP contribution in [0.15, 0.2) is 48.5 Å². The molecule has 0 spiro atoms. The molecule has 1 radical (unpaired) electrons. The van der Waals surface area contributed by atoms with Gasteiger partial charge >= 0.3 is 0 Å². The van der Waals surface area contributed by atoms with Gasteiger partial charge in [0, 0.05) is 32.9 Å². The van der Waals surface area contributed by atoms with Gasteiger partial charge in [0.25, 0.3) is 0 Å². The van der Waals surface area contributed by atoms with Crippen molar-refractivity contribution in [3.8, 4) is 0 Å². The summed E-state index contributed by atoms with van der Waals surface area (Å²) in [5, 5.41) is 2.11. The summed E-state index contributed by atoms with van der Waals surface area (Å²) in [6.45, 7) is 0.312. The van der Waals surface area contributed by atoms with Crippen LogP contribution in [0.2, 0.25) is 10.0 Å². The number of nitrogens with zero attached hydrogens (tertiary/aromatic N) is 1. The van der Waals surface area contributed by atoms with Crippen molar-refractivity contribution in [1.29, 1.82) is 0 Å². The first-order valence-electron chi connectivity index (χ1n) is 7.82. The predicted molar refractivity (Wildman–Crippen MR) is 102 cm³/mol. The zero-order chi connectivity index (χ0) is 18.4. The van der Waals surface area contributed by atoms with Crippen molar-refractivity contribution in [3.05, 3.63) is 81.6 Å². The molecule has 0 aliphatic carbocycles. The summed E-state index contributed by atoms with van der Waals surface area (Å²) in [7, 11) is 0. The number of fused-ring (bicyclic) bond motifs is 3. The van der Waals surface area contributed by atoms with E-state index < -0.39 is 11.7 Å². The summed E-state index contributed by atoms with van der Waals surface area (Å²) in [6, 6.07) is 16.2. The molecule has 4 rings (SSSR count). The number of carbonyl (C=O) groups excluding carboxylic acids is 1. The highest BCUT2D eigenvalue weighted by molar-refractivity contribution is 6.35. The maximum absolute atomic E-state index is 14.7. The van der Waals surface area contributed by atoms with E-state index in [9.17, 15) is 9.18 Å². The normalized spacial score (nSPS) is 11.3. The van der Waals surface area contributed by atoms with E-state index in [1.54, 1.807) is 34.9 Å². The second-order valence-electron chi connectivity index (χ2n) is 5.94. The molecule has 0 fully saturated rings. The van der Waals surface area contributed by atoms with Crippen molar-refractivity contribution in [2.24, 2.45) is 5.73 Å². The number of halogens is 3. The molecule has 0 bridgehead atoms. The molecule has 0 aliphatic rings. The van der Waals surface area contributed by atoms with Gasteiger partial charge in [0.2, 0.25) is 5.91 Å². The minimum Gasteiger partial charge on any atom is -0.366 e. The van der Waals surface area contributed by atoms with Crippen LogP contribution in [0.1, 0.15) is 15.9 Å². The van der Waals surface area contributed by atoms with Crippen molar-refractivity contribution in [2.75, 3.05) is 0 Å². The standard InChI is InChI=1S/C20H12Cl2FN2O/c21-12-8-7-11(15(22)9-12)10-25-17-6-2-4-14(20(24)26)18(17)13-3-1-5-16(23)19(13)25/h1-2,4-9H,10H2,(H2,24,26). The summed E-state index contributed by atoms with van der Waals surface area (Å²) in [5.74, 6) is -0.979. The first kappa shape index (κ1) is 16.9. The first-order valence-corrected chi connectivity index (χ1v) is 8.58. The van der Waals surface area contributed by atoms with E-state index in [-0.39, 0.29) is 0 Å². The van der Waals surface area contributed by atoms with Crippen LogP contribution in [-0.2, 0) is 6.54 Å². The van der Waals surface area contributed by atoms with Gasteiger partial charge in [0.1, 0.15) is 5.82 Å². The van der Waals surface area contributed by atoms with Gasteiger partial charge in [-0.25, -0.2) is 4.39 Å². The van der Waals surface area contributed by atoms with Gasteiger partial charge in [0.05, 0.1) is 11.0 Å². The fraction of sp³-hybridized carbons (Fsp3) is 0.0500. The van der Waals surface area contributed by atoms with E-state index >= 15 is 0 Å². The number of primary amides is 1. The highest BCUT2D eigenvalue weighted by atomic mass is 35.5. The molecule has 26 heavy (non-hydrogen) atoms. The van der Waals surface area contributed by atoms with Crippen molar-refractivity contribution < 1.29 is 9.18 Å². The van der Waals surface area contributed by atoms with E-state index in [0.29, 0.717) is 44.0 Å². The predicted octanol–water partition coefficient (Wildman–Crippen LogP) is 5.19. The van der Waals surface area contributed by atoms with E-state index in [4.69, 9.17) is 28.9 Å². The fourth-order valence-corrected chi connectivity index (χ4v) is 3.73. The number of benzene rings is 3. The second kappa shape index (κ2) is 6.31. The zero-order valence-corrected chi connectivity index (χ0v) is 14.9. The van der Waals surface area contributed by atoms with Crippen LogP contribution in [0.4, 0.5) is 4.39 Å².